The molecule has 4 rings (SSSR count). The number of para-hydroxylation sites is 2. The molecule has 144 valence electrons. The van der Waals surface area contributed by atoms with Gasteiger partial charge in [0.05, 0.1) is 27.2 Å². The van der Waals surface area contributed by atoms with Crippen LogP contribution < -0.4 is 5.73 Å². The molecular weight excluding hydrogens is 389 g/mol. The first kappa shape index (κ1) is 18.5. The van der Waals surface area contributed by atoms with Crippen molar-refractivity contribution in [3.05, 3.63) is 70.9 Å². The third kappa shape index (κ3) is 2.66. The molecule has 0 aliphatic rings. The summed E-state index contributed by atoms with van der Waals surface area (Å²) in [5.41, 5.74) is 3.01. The molecule has 28 heavy (non-hydrogen) atoms. The predicted octanol–water partition coefficient (Wildman–Crippen LogP) is 4.17. The zero-order chi connectivity index (χ0) is 20.1. The van der Waals surface area contributed by atoms with Crippen molar-refractivity contribution in [3.8, 4) is 5.69 Å². The Morgan fingerprint density at radius 2 is 1.68 bits per heavy atom. The van der Waals surface area contributed by atoms with Crippen molar-refractivity contribution in [2.45, 2.75) is 18.7 Å². The molecule has 2 aromatic carbocycles. The number of nitrogens with two attached hydrogens (primary N) is 1. The van der Waals surface area contributed by atoms with Gasteiger partial charge < -0.3 is 10.8 Å². The van der Waals surface area contributed by atoms with Crippen LogP contribution in [0.2, 0.25) is 0 Å². The Balaban J connectivity index is 1.98. The number of anilines is 1. The molecule has 0 aliphatic carbocycles. The fraction of sp³-hybridized carbons (Fsp3) is 0.158. The Morgan fingerprint density at radius 1 is 1.04 bits per heavy atom. The van der Waals surface area contributed by atoms with E-state index in [2.05, 4.69) is 10.1 Å². The number of rotatable bonds is 3. The summed E-state index contributed by atoms with van der Waals surface area (Å²) in [6, 6.07) is 15.1. The van der Waals surface area contributed by atoms with Gasteiger partial charge in [-0.05, 0) is 31.2 Å². The SMILES string of the molecule is Cc1nn(-c2ccccc2)c(N)c1C(O)(c1nc2ccccc2s1)C(F)(F)F. The summed E-state index contributed by atoms with van der Waals surface area (Å²) in [4.78, 5) is 4.05. The third-order valence-electron chi connectivity index (χ3n) is 4.47. The van der Waals surface area contributed by atoms with E-state index in [9.17, 15) is 18.3 Å². The zero-order valence-corrected chi connectivity index (χ0v) is 15.4. The number of hydrogen-bond donors (Lipinski definition) is 2. The largest absolute Gasteiger partial charge is 0.428 e. The number of nitrogen functional groups attached to an aromatic ring is 1. The number of thiazole rings is 1. The molecule has 1 atom stereocenters. The maximum absolute atomic E-state index is 14.2. The minimum atomic E-state index is -5.05. The van der Waals surface area contributed by atoms with Gasteiger partial charge in [0, 0.05) is 0 Å². The molecule has 0 saturated carbocycles. The summed E-state index contributed by atoms with van der Waals surface area (Å²) in [6.07, 6.45) is -5.05. The van der Waals surface area contributed by atoms with Crippen molar-refractivity contribution >= 4 is 27.4 Å². The molecule has 0 saturated heterocycles. The molecule has 0 radical (unpaired) electrons. The van der Waals surface area contributed by atoms with Crippen molar-refractivity contribution in [2.75, 3.05) is 5.73 Å². The summed E-state index contributed by atoms with van der Waals surface area (Å²) in [6.45, 7) is 1.38. The van der Waals surface area contributed by atoms with Crippen LogP contribution in [0.1, 0.15) is 16.3 Å². The molecule has 2 aromatic heterocycles. The average molecular weight is 404 g/mol. The number of fused-ring (bicyclic) bond motifs is 1. The Labute approximate surface area is 161 Å². The Bertz CT molecular complexity index is 1120. The van der Waals surface area contributed by atoms with Crippen LogP contribution in [-0.4, -0.2) is 26.0 Å². The Kier molecular flexibility index (Phi) is 4.16. The average Bonchev–Trinajstić information content (AvgIpc) is 3.22. The summed E-state index contributed by atoms with van der Waals surface area (Å²) in [7, 11) is 0. The number of aromatic nitrogens is 3. The van der Waals surface area contributed by atoms with Gasteiger partial charge in [-0.3, -0.25) is 0 Å². The molecule has 2 heterocycles. The van der Waals surface area contributed by atoms with Crippen LogP contribution in [0.25, 0.3) is 15.9 Å². The lowest BCUT2D eigenvalue weighted by atomic mass is 9.93. The highest BCUT2D eigenvalue weighted by Crippen LogP contribution is 2.49. The van der Waals surface area contributed by atoms with Crippen LogP contribution in [0.5, 0.6) is 0 Å². The number of benzene rings is 2. The molecule has 9 heteroatoms. The highest BCUT2D eigenvalue weighted by atomic mass is 32.1. The fourth-order valence-electron chi connectivity index (χ4n) is 3.16. The quantitative estimate of drug-likeness (QED) is 0.537. The van der Waals surface area contributed by atoms with E-state index in [4.69, 9.17) is 5.73 Å². The van der Waals surface area contributed by atoms with Crippen molar-refractivity contribution in [1.82, 2.24) is 14.8 Å². The fourth-order valence-corrected chi connectivity index (χ4v) is 4.24. The first-order valence-corrected chi connectivity index (χ1v) is 9.11. The summed E-state index contributed by atoms with van der Waals surface area (Å²) in [5, 5.41) is 14.7. The number of aryl methyl sites for hydroxylation is 1. The molecule has 5 nitrogen and oxygen atoms in total. The van der Waals surface area contributed by atoms with E-state index < -0.39 is 22.3 Å². The Morgan fingerprint density at radius 3 is 2.32 bits per heavy atom. The van der Waals surface area contributed by atoms with Crippen LogP contribution in [0, 0.1) is 6.92 Å². The van der Waals surface area contributed by atoms with Gasteiger partial charge in [0.1, 0.15) is 10.8 Å². The van der Waals surface area contributed by atoms with Crippen LogP contribution >= 0.6 is 11.3 Å². The van der Waals surface area contributed by atoms with Gasteiger partial charge in [-0.1, -0.05) is 30.3 Å². The molecule has 0 amide bonds. The lowest BCUT2D eigenvalue weighted by Gasteiger charge is -2.28. The molecular formula is C19H15F3N4OS. The molecule has 0 fully saturated rings. The third-order valence-corrected chi connectivity index (χ3v) is 5.62. The Hall–Kier alpha value is -2.91. The van der Waals surface area contributed by atoms with Gasteiger partial charge in [0.2, 0.25) is 5.60 Å². The van der Waals surface area contributed by atoms with Crippen LogP contribution in [-0.2, 0) is 5.60 Å². The van der Waals surface area contributed by atoms with Gasteiger partial charge in [-0.25, -0.2) is 9.67 Å². The van der Waals surface area contributed by atoms with E-state index in [0.717, 1.165) is 11.3 Å². The van der Waals surface area contributed by atoms with E-state index in [1.165, 1.54) is 11.6 Å². The van der Waals surface area contributed by atoms with E-state index >= 15 is 0 Å². The number of hydrogen-bond acceptors (Lipinski definition) is 5. The summed E-state index contributed by atoms with van der Waals surface area (Å²) < 4.78 is 44.3. The molecule has 1 unspecified atom stereocenters. The first-order valence-electron chi connectivity index (χ1n) is 8.29. The highest BCUT2D eigenvalue weighted by Gasteiger charge is 2.61. The predicted molar refractivity (Wildman–Crippen MR) is 101 cm³/mol. The molecule has 4 aromatic rings. The number of halogens is 3. The standard InChI is InChI=1S/C19H15F3N4OS/c1-11-15(16(23)26(25-11)12-7-3-2-4-8-12)18(27,19(20,21)22)17-24-13-9-5-6-10-14(13)28-17/h2-10,27H,23H2,1H3. The van der Waals surface area contributed by atoms with E-state index in [0.29, 0.717) is 15.9 Å². The summed E-state index contributed by atoms with van der Waals surface area (Å²) >= 11 is 0.775. The van der Waals surface area contributed by atoms with E-state index in [1.807, 2.05) is 0 Å². The molecule has 0 bridgehead atoms. The minimum absolute atomic E-state index is 0.0274. The topological polar surface area (TPSA) is 77.0 Å². The second-order valence-electron chi connectivity index (χ2n) is 6.29. The smallest absolute Gasteiger partial charge is 0.383 e. The van der Waals surface area contributed by atoms with Crippen molar-refractivity contribution in [3.63, 3.8) is 0 Å². The molecule has 0 aliphatic heterocycles. The molecule has 0 spiro atoms. The van der Waals surface area contributed by atoms with Crippen molar-refractivity contribution < 1.29 is 18.3 Å². The second kappa shape index (κ2) is 6.32. The van der Waals surface area contributed by atoms with E-state index in [-0.39, 0.29) is 11.5 Å². The molecule has 3 N–H and O–H groups in total. The minimum Gasteiger partial charge on any atom is -0.383 e. The van der Waals surface area contributed by atoms with Gasteiger partial charge in [-0.2, -0.15) is 18.3 Å². The lowest BCUT2D eigenvalue weighted by molar-refractivity contribution is -0.248. The maximum atomic E-state index is 14.2. The van der Waals surface area contributed by atoms with Gasteiger partial charge in [0.15, 0.2) is 0 Å². The number of nitrogens with zero attached hydrogens (tertiary/aromatic N) is 3. The number of alkyl halides is 3. The van der Waals surface area contributed by atoms with Gasteiger partial charge >= 0.3 is 6.18 Å². The van der Waals surface area contributed by atoms with Crippen molar-refractivity contribution in [1.29, 1.82) is 0 Å². The van der Waals surface area contributed by atoms with Gasteiger partial charge in [0.25, 0.3) is 0 Å². The van der Waals surface area contributed by atoms with Crippen LogP contribution in [0.3, 0.4) is 0 Å². The monoisotopic (exact) mass is 404 g/mol. The zero-order valence-electron chi connectivity index (χ0n) is 14.6. The summed E-state index contributed by atoms with van der Waals surface area (Å²) in [5.74, 6) is -0.289. The lowest BCUT2D eigenvalue weighted by Crippen LogP contribution is -2.44. The van der Waals surface area contributed by atoms with E-state index in [1.54, 1.807) is 54.6 Å². The highest BCUT2D eigenvalue weighted by molar-refractivity contribution is 7.18. The van der Waals surface area contributed by atoms with Crippen molar-refractivity contribution in [2.24, 2.45) is 0 Å². The first-order chi connectivity index (χ1) is 13.2. The van der Waals surface area contributed by atoms with Gasteiger partial charge in [-0.15, -0.1) is 11.3 Å². The maximum Gasteiger partial charge on any atom is 0.428 e. The second-order valence-corrected chi connectivity index (χ2v) is 7.32. The van der Waals surface area contributed by atoms with Crippen LogP contribution in [0.4, 0.5) is 19.0 Å². The number of aliphatic hydroxyl groups is 1. The normalized spacial score (nSPS) is 14.3. The van der Waals surface area contributed by atoms with Crippen LogP contribution in [0.15, 0.2) is 54.6 Å².